The summed E-state index contributed by atoms with van der Waals surface area (Å²) < 4.78 is 4.76. The van der Waals surface area contributed by atoms with Crippen LogP contribution in [0.5, 0.6) is 0 Å². The average molecular weight is 255 g/mol. The smallest absolute Gasteiger partial charge is 0.310 e. The minimum atomic E-state index is -0.258. The van der Waals surface area contributed by atoms with Gasteiger partial charge in [0.2, 0.25) is 0 Å². The molecule has 0 atom stereocenters. The zero-order chi connectivity index (χ0) is 13.8. The van der Waals surface area contributed by atoms with Gasteiger partial charge in [0.25, 0.3) is 0 Å². The molecule has 0 amide bonds. The largest absolute Gasteiger partial charge is 0.469 e. The van der Waals surface area contributed by atoms with Gasteiger partial charge < -0.3 is 10.5 Å². The number of methoxy groups -OCH3 is 1. The molecule has 2 N–H and O–H groups in total. The third kappa shape index (κ3) is 2.76. The first-order valence-corrected chi connectivity index (χ1v) is 6.13. The molecule has 0 unspecified atom stereocenters. The third-order valence-corrected chi connectivity index (χ3v) is 3.27. The maximum absolute atomic E-state index is 11.6. The van der Waals surface area contributed by atoms with Crippen LogP contribution in [0.25, 0.3) is 11.1 Å². The number of benzene rings is 2. The van der Waals surface area contributed by atoms with E-state index < -0.39 is 0 Å². The summed E-state index contributed by atoms with van der Waals surface area (Å²) in [7, 11) is 1.39. The summed E-state index contributed by atoms with van der Waals surface area (Å²) in [6.07, 6.45) is 0.234. The van der Waals surface area contributed by atoms with Crippen molar-refractivity contribution in [2.45, 2.75) is 13.3 Å². The van der Waals surface area contributed by atoms with Gasteiger partial charge in [0.15, 0.2) is 0 Å². The van der Waals surface area contributed by atoms with Gasteiger partial charge in [-0.15, -0.1) is 0 Å². The van der Waals surface area contributed by atoms with E-state index in [4.69, 9.17) is 10.5 Å². The number of carbonyl (C=O) groups excluding carboxylic acids is 1. The highest BCUT2D eigenvalue weighted by molar-refractivity contribution is 5.80. The number of ether oxygens (including phenoxy) is 1. The van der Waals surface area contributed by atoms with Gasteiger partial charge in [-0.05, 0) is 35.2 Å². The summed E-state index contributed by atoms with van der Waals surface area (Å²) in [5.74, 6) is -0.258. The second kappa shape index (κ2) is 5.57. The number of nitrogens with two attached hydrogens (primary N) is 1. The Kier molecular flexibility index (Phi) is 3.85. The maximum Gasteiger partial charge on any atom is 0.310 e. The van der Waals surface area contributed by atoms with Crippen molar-refractivity contribution in [1.29, 1.82) is 0 Å². The Morgan fingerprint density at radius 3 is 2.47 bits per heavy atom. The Morgan fingerprint density at radius 2 is 1.84 bits per heavy atom. The summed E-state index contributed by atoms with van der Waals surface area (Å²) in [6.45, 7) is 1.93. The highest BCUT2D eigenvalue weighted by atomic mass is 16.5. The molecule has 2 aromatic carbocycles. The lowest BCUT2D eigenvalue weighted by atomic mass is 9.93. The van der Waals surface area contributed by atoms with Crippen LogP contribution in [0.3, 0.4) is 0 Å². The summed E-state index contributed by atoms with van der Waals surface area (Å²) in [5.41, 5.74) is 10.6. The predicted octanol–water partition coefficient (Wildman–Crippen LogP) is 2.96. The van der Waals surface area contributed by atoms with Crippen LogP contribution in [0, 0.1) is 6.92 Å². The lowest BCUT2D eigenvalue weighted by Crippen LogP contribution is -2.08. The quantitative estimate of drug-likeness (QED) is 0.677. The first-order valence-electron chi connectivity index (χ1n) is 6.13. The van der Waals surface area contributed by atoms with Crippen molar-refractivity contribution in [1.82, 2.24) is 0 Å². The van der Waals surface area contributed by atoms with Crippen molar-refractivity contribution in [2.24, 2.45) is 0 Å². The molecule has 98 valence electrons. The van der Waals surface area contributed by atoms with Crippen LogP contribution in [0.4, 0.5) is 5.69 Å². The fraction of sp³-hybridized carbons (Fsp3) is 0.188. The van der Waals surface area contributed by atoms with E-state index in [2.05, 4.69) is 0 Å². The summed E-state index contributed by atoms with van der Waals surface area (Å²) in [6, 6.07) is 13.8. The normalized spacial score (nSPS) is 10.2. The molecule has 2 rings (SSSR count). The van der Waals surface area contributed by atoms with Crippen molar-refractivity contribution in [3.05, 3.63) is 53.6 Å². The van der Waals surface area contributed by atoms with Crippen molar-refractivity contribution in [2.75, 3.05) is 12.8 Å². The Morgan fingerprint density at radius 1 is 1.16 bits per heavy atom. The van der Waals surface area contributed by atoms with Crippen LogP contribution >= 0.6 is 0 Å². The minimum Gasteiger partial charge on any atom is -0.469 e. The van der Waals surface area contributed by atoms with Crippen LogP contribution in [0.15, 0.2) is 42.5 Å². The van der Waals surface area contributed by atoms with E-state index in [1.165, 1.54) is 7.11 Å². The van der Waals surface area contributed by atoms with Gasteiger partial charge in [0, 0.05) is 5.69 Å². The molecule has 0 bridgehead atoms. The number of hydrogen-bond donors (Lipinski definition) is 1. The maximum atomic E-state index is 11.6. The van der Waals surface area contributed by atoms with E-state index in [9.17, 15) is 4.79 Å². The molecule has 0 aliphatic heterocycles. The molecular weight excluding hydrogens is 238 g/mol. The predicted molar refractivity (Wildman–Crippen MR) is 76.7 cm³/mol. The number of rotatable bonds is 3. The van der Waals surface area contributed by atoms with Crippen LogP contribution in [-0.2, 0) is 16.0 Å². The van der Waals surface area contributed by atoms with Gasteiger partial charge in [0.05, 0.1) is 13.5 Å². The number of carbonyl (C=O) groups is 1. The van der Waals surface area contributed by atoms with Crippen LogP contribution < -0.4 is 5.73 Å². The van der Waals surface area contributed by atoms with E-state index in [0.717, 1.165) is 22.3 Å². The molecule has 0 aliphatic rings. The molecule has 19 heavy (non-hydrogen) atoms. The van der Waals surface area contributed by atoms with E-state index in [1.54, 1.807) is 0 Å². The molecule has 0 spiro atoms. The van der Waals surface area contributed by atoms with E-state index in [1.807, 2.05) is 49.4 Å². The van der Waals surface area contributed by atoms with Gasteiger partial charge in [-0.25, -0.2) is 0 Å². The number of esters is 1. The lowest BCUT2D eigenvalue weighted by molar-refractivity contribution is -0.139. The molecule has 0 heterocycles. The molecule has 0 radical (unpaired) electrons. The molecule has 3 heteroatoms. The lowest BCUT2D eigenvalue weighted by Gasteiger charge is -2.14. The SMILES string of the molecule is COC(=O)Cc1c(-c2ccccc2)ccc(N)c1C. The van der Waals surface area contributed by atoms with Crippen molar-refractivity contribution in [3.63, 3.8) is 0 Å². The zero-order valence-electron chi connectivity index (χ0n) is 11.1. The number of nitrogen functional groups attached to an aromatic ring is 1. The fourth-order valence-electron chi connectivity index (χ4n) is 2.11. The molecule has 2 aromatic rings. The summed E-state index contributed by atoms with van der Waals surface area (Å²) in [5, 5.41) is 0. The van der Waals surface area contributed by atoms with Crippen molar-refractivity contribution >= 4 is 11.7 Å². The average Bonchev–Trinajstić information content (AvgIpc) is 2.45. The van der Waals surface area contributed by atoms with E-state index >= 15 is 0 Å². The Balaban J connectivity index is 2.55. The van der Waals surface area contributed by atoms with Gasteiger partial charge in [-0.3, -0.25) is 4.79 Å². The molecule has 0 saturated heterocycles. The number of hydrogen-bond acceptors (Lipinski definition) is 3. The monoisotopic (exact) mass is 255 g/mol. The van der Waals surface area contributed by atoms with Gasteiger partial charge in [-0.1, -0.05) is 36.4 Å². The van der Waals surface area contributed by atoms with E-state index in [-0.39, 0.29) is 12.4 Å². The standard InChI is InChI=1S/C16H17NO2/c1-11-14(10-16(18)19-2)13(8-9-15(11)17)12-6-4-3-5-7-12/h3-9H,10,17H2,1-2H3. The van der Waals surface area contributed by atoms with Gasteiger partial charge >= 0.3 is 5.97 Å². The van der Waals surface area contributed by atoms with Crippen molar-refractivity contribution in [3.8, 4) is 11.1 Å². The first kappa shape index (κ1) is 13.1. The van der Waals surface area contributed by atoms with Crippen LogP contribution in [0.1, 0.15) is 11.1 Å². The molecule has 0 fully saturated rings. The molecule has 0 saturated carbocycles. The summed E-state index contributed by atoms with van der Waals surface area (Å²) in [4.78, 5) is 11.6. The minimum absolute atomic E-state index is 0.234. The zero-order valence-corrected chi connectivity index (χ0v) is 11.1. The Bertz CT molecular complexity index is 591. The second-order valence-corrected chi connectivity index (χ2v) is 4.42. The second-order valence-electron chi connectivity index (χ2n) is 4.42. The van der Waals surface area contributed by atoms with Crippen LogP contribution in [-0.4, -0.2) is 13.1 Å². The van der Waals surface area contributed by atoms with E-state index in [0.29, 0.717) is 5.69 Å². The Hall–Kier alpha value is -2.29. The highest BCUT2D eigenvalue weighted by Crippen LogP contribution is 2.29. The topological polar surface area (TPSA) is 52.3 Å². The molecule has 0 aromatic heterocycles. The molecular formula is C16H17NO2. The van der Waals surface area contributed by atoms with Gasteiger partial charge in [-0.2, -0.15) is 0 Å². The third-order valence-electron chi connectivity index (χ3n) is 3.27. The number of anilines is 1. The van der Waals surface area contributed by atoms with Crippen molar-refractivity contribution < 1.29 is 9.53 Å². The molecule has 3 nitrogen and oxygen atoms in total. The molecule has 0 aliphatic carbocycles. The highest BCUT2D eigenvalue weighted by Gasteiger charge is 2.14. The Labute approximate surface area is 113 Å². The van der Waals surface area contributed by atoms with Gasteiger partial charge in [0.1, 0.15) is 0 Å². The van der Waals surface area contributed by atoms with Crippen LogP contribution in [0.2, 0.25) is 0 Å². The summed E-state index contributed by atoms with van der Waals surface area (Å²) >= 11 is 0. The first-order chi connectivity index (χ1) is 9.13. The fourth-order valence-corrected chi connectivity index (χ4v) is 2.11.